The van der Waals surface area contributed by atoms with Gasteiger partial charge < -0.3 is 5.32 Å². The standard InChI is InChI=1S/C9H12ClF3N4O/c1-4-6(17-18-3)7(16-8(10)14-4)15-5(2)9(11,12)13/h5,17H,1-3H3,(H,14,15,16). The van der Waals surface area contributed by atoms with E-state index in [4.69, 9.17) is 11.6 Å². The molecular formula is C9H12ClF3N4O. The Hall–Kier alpha value is -1.28. The Labute approximate surface area is 107 Å². The van der Waals surface area contributed by atoms with E-state index >= 15 is 0 Å². The molecular weight excluding hydrogens is 273 g/mol. The van der Waals surface area contributed by atoms with Crippen molar-refractivity contribution in [1.29, 1.82) is 0 Å². The minimum absolute atomic E-state index is 0.0702. The summed E-state index contributed by atoms with van der Waals surface area (Å²) in [6, 6.07) is -1.78. The molecule has 0 spiro atoms. The minimum atomic E-state index is -4.39. The number of hydrogen-bond donors (Lipinski definition) is 2. The van der Waals surface area contributed by atoms with E-state index < -0.39 is 12.2 Å². The van der Waals surface area contributed by atoms with Gasteiger partial charge >= 0.3 is 6.18 Å². The highest BCUT2D eigenvalue weighted by Crippen LogP contribution is 2.28. The Morgan fingerprint density at radius 1 is 1.33 bits per heavy atom. The van der Waals surface area contributed by atoms with Crippen LogP contribution in [-0.4, -0.2) is 29.3 Å². The van der Waals surface area contributed by atoms with Crippen LogP contribution >= 0.6 is 11.6 Å². The molecule has 102 valence electrons. The van der Waals surface area contributed by atoms with Crippen LogP contribution in [0.2, 0.25) is 5.28 Å². The average molecular weight is 285 g/mol. The summed E-state index contributed by atoms with van der Waals surface area (Å²) in [4.78, 5) is 12.2. The summed E-state index contributed by atoms with van der Waals surface area (Å²) >= 11 is 5.61. The van der Waals surface area contributed by atoms with E-state index in [1.54, 1.807) is 6.92 Å². The van der Waals surface area contributed by atoms with Crippen molar-refractivity contribution in [2.75, 3.05) is 17.9 Å². The lowest BCUT2D eigenvalue weighted by molar-refractivity contribution is -0.138. The van der Waals surface area contributed by atoms with Crippen molar-refractivity contribution in [3.05, 3.63) is 11.0 Å². The molecule has 1 heterocycles. The van der Waals surface area contributed by atoms with Crippen molar-refractivity contribution in [1.82, 2.24) is 9.97 Å². The lowest BCUT2D eigenvalue weighted by atomic mass is 10.3. The molecule has 2 N–H and O–H groups in total. The molecule has 1 aromatic heterocycles. The van der Waals surface area contributed by atoms with Crippen LogP contribution in [0.15, 0.2) is 0 Å². The van der Waals surface area contributed by atoms with Crippen molar-refractivity contribution >= 4 is 23.1 Å². The van der Waals surface area contributed by atoms with Gasteiger partial charge in [0.05, 0.1) is 12.8 Å². The summed E-state index contributed by atoms with van der Waals surface area (Å²) in [6.45, 7) is 2.54. The topological polar surface area (TPSA) is 59.1 Å². The van der Waals surface area contributed by atoms with E-state index in [9.17, 15) is 13.2 Å². The van der Waals surface area contributed by atoms with Gasteiger partial charge in [-0.05, 0) is 25.4 Å². The Morgan fingerprint density at radius 2 is 1.94 bits per heavy atom. The molecule has 1 rings (SSSR count). The number of aryl methyl sites for hydroxylation is 1. The fourth-order valence-electron chi connectivity index (χ4n) is 1.15. The van der Waals surface area contributed by atoms with E-state index in [0.717, 1.165) is 6.92 Å². The molecule has 1 atom stereocenters. The minimum Gasteiger partial charge on any atom is -0.357 e. The number of anilines is 2. The first-order valence-electron chi connectivity index (χ1n) is 4.92. The maximum atomic E-state index is 12.5. The molecule has 1 unspecified atom stereocenters. The summed E-state index contributed by atoms with van der Waals surface area (Å²) in [5.41, 5.74) is 2.99. The number of halogens is 4. The van der Waals surface area contributed by atoms with Gasteiger partial charge in [0.15, 0.2) is 5.82 Å². The van der Waals surface area contributed by atoms with Crippen molar-refractivity contribution in [2.45, 2.75) is 26.1 Å². The molecule has 1 aromatic rings. The van der Waals surface area contributed by atoms with Gasteiger partial charge in [-0.25, -0.2) is 4.98 Å². The second-order valence-corrected chi connectivity index (χ2v) is 3.85. The number of nitrogens with one attached hydrogen (secondary N) is 2. The maximum absolute atomic E-state index is 12.5. The molecule has 0 aliphatic carbocycles. The van der Waals surface area contributed by atoms with Gasteiger partial charge in [0.2, 0.25) is 5.28 Å². The highest BCUT2D eigenvalue weighted by molar-refractivity contribution is 6.28. The van der Waals surface area contributed by atoms with Gasteiger partial charge in [-0.3, -0.25) is 10.3 Å². The van der Waals surface area contributed by atoms with E-state index in [2.05, 4.69) is 25.6 Å². The predicted octanol–water partition coefficient (Wildman–Crippen LogP) is 2.77. The molecule has 0 saturated carbocycles. The summed E-state index contributed by atoms with van der Waals surface area (Å²) in [6.07, 6.45) is -4.39. The highest BCUT2D eigenvalue weighted by Gasteiger charge is 2.36. The highest BCUT2D eigenvalue weighted by atomic mass is 35.5. The molecule has 9 heteroatoms. The first-order valence-corrected chi connectivity index (χ1v) is 5.30. The van der Waals surface area contributed by atoms with Crippen LogP contribution in [0.1, 0.15) is 12.6 Å². The van der Waals surface area contributed by atoms with E-state index in [0.29, 0.717) is 5.69 Å². The zero-order valence-electron chi connectivity index (χ0n) is 9.89. The third kappa shape index (κ3) is 3.61. The number of aromatic nitrogens is 2. The van der Waals surface area contributed by atoms with Crippen LogP contribution < -0.4 is 10.8 Å². The van der Waals surface area contributed by atoms with Gasteiger partial charge in [0.25, 0.3) is 0 Å². The summed E-state index contributed by atoms with van der Waals surface area (Å²) in [7, 11) is 1.32. The third-order valence-electron chi connectivity index (χ3n) is 2.11. The lowest BCUT2D eigenvalue weighted by Crippen LogP contribution is -2.33. The van der Waals surface area contributed by atoms with Crippen LogP contribution in [0.5, 0.6) is 0 Å². The molecule has 0 fully saturated rings. The van der Waals surface area contributed by atoms with Crippen molar-refractivity contribution in [2.24, 2.45) is 0 Å². The van der Waals surface area contributed by atoms with E-state index in [1.807, 2.05) is 0 Å². The molecule has 0 aromatic carbocycles. The maximum Gasteiger partial charge on any atom is 0.408 e. The van der Waals surface area contributed by atoms with Gasteiger partial charge in [0.1, 0.15) is 11.7 Å². The van der Waals surface area contributed by atoms with Crippen molar-refractivity contribution in [3.63, 3.8) is 0 Å². The number of alkyl halides is 3. The first kappa shape index (κ1) is 14.8. The molecule has 0 saturated heterocycles. The molecule has 0 aliphatic heterocycles. The number of nitrogens with zero attached hydrogens (tertiary/aromatic N) is 2. The molecule has 0 aliphatic rings. The molecule has 0 amide bonds. The molecule has 5 nitrogen and oxygen atoms in total. The van der Waals surface area contributed by atoms with Crippen LogP contribution in [0.4, 0.5) is 24.7 Å². The second-order valence-electron chi connectivity index (χ2n) is 3.52. The van der Waals surface area contributed by atoms with Crippen LogP contribution in [-0.2, 0) is 4.84 Å². The summed E-state index contributed by atoms with van der Waals surface area (Å²) in [5.74, 6) is -0.0702. The van der Waals surface area contributed by atoms with Gasteiger partial charge in [-0.2, -0.15) is 18.2 Å². The zero-order valence-corrected chi connectivity index (χ0v) is 10.6. The monoisotopic (exact) mass is 284 g/mol. The smallest absolute Gasteiger partial charge is 0.357 e. The molecule has 0 radical (unpaired) electrons. The van der Waals surface area contributed by atoms with E-state index in [-0.39, 0.29) is 16.8 Å². The van der Waals surface area contributed by atoms with Crippen LogP contribution in [0.25, 0.3) is 0 Å². The average Bonchev–Trinajstić information content (AvgIpc) is 2.21. The number of hydrogen-bond acceptors (Lipinski definition) is 5. The zero-order chi connectivity index (χ0) is 13.9. The third-order valence-corrected chi connectivity index (χ3v) is 2.28. The SMILES string of the molecule is CONc1c(C)nc(Cl)nc1NC(C)C(F)(F)F. The van der Waals surface area contributed by atoms with Crippen molar-refractivity contribution in [3.8, 4) is 0 Å². The van der Waals surface area contributed by atoms with Crippen molar-refractivity contribution < 1.29 is 18.0 Å². The van der Waals surface area contributed by atoms with Crippen LogP contribution in [0, 0.1) is 6.92 Å². The first-order chi connectivity index (χ1) is 8.25. The van der Waals surface area contributed by atoms with Crippen LogP contribution in [0.3, 0.4) is 0 Å². The summed E-state index contributed by atoms with van der Waals surface area (Å²) < 4.78 is 37.4. The normalized spacial score (nSPS) is 13.3. The number of rotatable bonds is 4. The van der Waals surface area contributed by atoms with Gasteiger partial charge in [0, 0.05) is 0 Å². The quantitative estimate of drug-likeness (QED) is 0.658. The summed E-state index contributed by atoms with van der Waals surface area (Å²) in [5, 5.41) is 2.07. The molecule has 0 bridgehead atoms. The van der Waals surface area contributed by atoms with Gasteiger partial charge in [-0.15, -0.1) is 0 Å². The van der Waals surface area contributed by atoms with Gasteiger partial charge in [-0.1, -0.05) is 0 Å². The fraction of sp³-hybridized carbons (Fsp3) is 0.556. The van der Waals surface area contributed by atoms with E-state index in [1.165, 1.54) is 7.11 Å². The largest absolute Gasteiger partial charge is 0.408 e. The second kappa shape index (κ2) is 5.57. The Balaban J connectivity index is 3.06. The predicted molar refractivity (Wildman–Crippen MR) is 61.6 cm³/mol. The Morgan fingerprint density at radius 3 is 2.44 bits per heavy atom. The lowest BCUT2D eigenvalue weighted by Gasteiger charge is -2.20. The Bertz CT molecular complexity index is 427. The Kier molecular flexibility index (Phi) is 4.58. The molecule has 18 heavy (non-hydrogen) atoms. The fourth-order valence-corrected chi connectivity index (χ4v) is 1.37.